The summed E-state index contributed by atoms with van der Waals surface area (Å²) in [4.78, 5) is 27.8. The maximum Gasteiger partial charge on any atom is 0.418 e. The summed E-state index contributed by atoms with van der Waals surface area (Å²) < 4.78 is 83.7. The van der Waals surface area contributed by atoms with Gasteiger partial charge in [-0.1, -0.05) is 19.6 Å². The molecule has 1 aromatic carbocycles. The molecule has 1 saturated heterocycles. The molecule has 0 saturated carbocycles. The molecule has 40 heavy (non-hydrogen) atoms. The third-order valence-corrected chi connectivity index (χ3v) is 7.78. The zero-order valence-corrected chi connectivity index (χ0v) is 22.9. The van der Waals surface area contributed by atoms with Crippen LogP contribution in [0.1, 0.15) is 12.0 Å². The van der Waals surface area contributed by atoms with Gasteiger partial charge in [0.15, 0.2) is 17.4 Å². The molecule has 9 nitrogen and oxygen atoms in total. The van der Waals surface area contributed by atoms with E-state index in [1.807, 2.05) is 0 Å². The van der Waals surface area contributed by atoms with Gasteiger partial charge in [0.1, 0.15) is 24.2 Å². The van der Waals surface area contributed by atoms with Crippen LogP contribution in [0.5, 0.6) is 11.5 Å². The van der Waals surface area contributed by atoms with Crippen LogP contribution < -0.4 is 20.7 Å². The first-order valence-corrected chi connectivity index (χ1v) is 16.1. The highest BCUT2D eigenvalue weighted by atomic mass is 28.3. The maximum absolute atomic E-state index is 14.9. The van der Waals surface area contributed by atoms with E-state index in [0.717, 1.165) is 41.2 Å². The lowest BCUT2D eigenvalue weighted by molar-refractivity contribution is -0.136. The largest absolute Gasteiger partial charge is 0.450 e. The monoisotopic (exact) mass is 585 g/mol. The van der Waals surface area contributed by atoms with E-state index < -0.39 is 60.4 Å². The molecule has 3 N–H and O–H groups in total. The zero-order chi connectivity index (χ0) is 29.2. The normalized spacial score (nSPS) is 15.8. The number of carbonyl (C=O) groups excluding carboxylic acids is 2. The van der Waals surface area contributed by atoms with Crippen molar-refractivity contribution >= 4 is 36.7 Å². The molecule has 3 amide bonds. The smallest absolute Gasteiger partial charge is 0.418 e. The Bertz CT molecular complexity index is 1400. The Morgan fingerprint density at radius 2 is 1.93 bits per heavy atom. The molecule has 1 atom stereocenters. The number of nitrogens with one attached hydrogen (secondary N) is 3. The average molecular weight is 586 g/mol. The van der Waals surface area contributed by atoms with Gasteiger partial charge in [0.2, 0.25) is 5.91 Å². The van der Waals surface area contributed by atoms with Crippen molar-refractivity contribution in [3.8, 4) is 11.5 Å². The molecule has 0 bridgehead atoms. The van der Waals surface area contributed by atoms with Crippen molar-refractivity contribution < 1.29 is 41.0 Å². The molecular formula is C25H28F5N5O4Si. The first kappa shape index (κ1) is 29.3. The highest BCUT2D eigenvalue weighted by molar-refractivity contribution is 6.76. The Morgan fingerprint density at radius 1 is 1.23 bits per heavy atom. The van der Waals surface area contributed by atoms with Gasteiger partial charge in [-0.2, -0.15) is 13.2 Å². The van der Waals surface area contributed by atoms with Crippen molar-refractivity contribution in [3.05, 3.63) is 47.8 Å². The SMILES string of the molecule is C[Si](C)(C)CCOCn1cc(C(F)(F)F)c2c(Oc3c(F)cc(NC(=O)NC4CCNC4=O)cc3F)ccnc21. The lowest BCUT2D eigenvalue weighted by atomic mass is 10.2. The highest BCUT2D eigenvalue weighted by Gasteiger charge is 2.37. The van der Waals surface area contributed by atoms with Crippen LogP contribution in [-0.2, 0) is 22.4 Å². The van der Waals surface area contributed by atoms with Gasteiger partial charge in [-0.25, -0.2) is 18.6 Å². The first-order valence-electron chi connectivity index (χ1n) is 12.4. The van der Waals surface area contributed by atoms with Crippen LogP contribution in [0, 0.1) is 11.6 Å². The standard InChI is InChI=1S/C25H28F5N5O4Si/c1-40(2,3)9-8-38-13-35-12-15(25(28,29)30)20-19(5-7-31-22(20)35)39-21-16(26)10-14(11-17(21)27)33-24(37)34-18-4-6-32-23(18)36/h5,7,10-12,18H,4,6,8-9,13H2,1-3H3,(H,32,36)(H2,33,34,37). The number of hydrogen-bond donors (Lipinski definition) is 3. The Hall–Kier alpha value is -3.72. The van der Waals surface area contributed by atoms with Crippen LogP contribution in [0.2, 0.25) is 25.7 Å². The van der Waals surface area contributed by atoms with Crippen LogP contribution >= 0.6 is 0 Å². The van der Waals surface area contributed by atoms with E-state index in [9.17, 15) is 31.5 Å². The van der Waals surface area contributed by atoms with Crippen molar-refractivity contribution in [2.24, 2.45) is 0 Å². The quantitative estimate of drug-likeness (QED) is 0.176. The van der Waals surface area contributed by atoms with Gasteiger partial charge in [-0.3, -0.25) is 4.79 Å². The first-order chi connectivity index (χ1) is 18.7. The predicted molar refractivity (Wildman–Crippen MR) is 139 cm³/mol. The number of urea groups is 1. The fourth-order valence-electron chi connectivity index (χ4n) is 4.02. The molecule has 3 heterocycles. The summed E-state index contributed by atoms with van der Waals surface area (Å²) in [6, 6.07) is 1.71. The number of carbonyl (C=O) groups is 2. The molecule has 1 unspecified atom stereocenters. The van der Waals surface area contributed by atoms with E-state index in [-0.39, 0.29) is 24.0 Å². The molecule has 1 aliphatic rings. The number of aromatic nitrogens is 2. The second kappa shape index (κ2) is 11.4. The van der Waals surface area contributed by atoms with Crippen LogP contribution in [-0.4, -0.2) is 48.8 Å². The minimum absolute atomic E-state index is 0.135. The summed E-state index contributed by atoms with van der Waals surface area (Å²) in [6.45, 7) is 6.95. The number of ether oxygens (including phenoxy) is 2. The van der Waals surface area contributed by atoms with Crippen molar-refractivity contribution in [2.75, 3.05) is 18.5 Å². The number of hydrogen-bond acceptors (Lipinski definition) is 5. The third-order valence-electron chi connectivity index (χ3n) is 6.07. The van der Waals surface area contributed by atoms with E-state index in [2.05, 4.69) is 40.6 Å². The van der Waals surface area contributed by atoms with Crippen LogP contribution in [0.15, 0.2) is 30.6 Å². The molecule has 0 aliphatic carbocycles. The molecule has 0 radical (unpaired) electrons. The second-order valence-electron chi connectivity index (χ2n) is 10.5. The van der Waals surface area contributed by atoms with Gasteiger partial charge in [-0.05, 0) is 18.5 Å². The van der Waals surface area contributed by atoms with Gasteiger partial charge in [-0.15, -0.1) is 0 Å². The van der Waals surface area contributed by atoms with Gasteiger partial charge in [0.25, 0.3) is 0 Å². The van der Waals surface area contributed by atoms with E-state index in [0.29, 0.717) is 19.6 Å². The molecular weight excluding hydrogens is 557 g/mol. The molecule has 2 aromatic heterocycles. The molecule has 0 spiro atoms. The molecule has 1 fully saturated rings. The van der Waals surface area contributed by atoms with E-state index in [4.69, 9.17) is 9.47 Å². The van der Waals surface area contributed by atoms with Crippen LogP contribution in [0.4, 0.5) is 32.4 Å². The van der Waals surface area contributed by atoms with Crippen molar-refractivity contribution in [2.45, 2.75) is 51.1 Å². The van der Waals surface area contributed by atoms with E-state index in [1.165, 1.54) is 0 Å². The number of anilines is 1. The summed E-state index contributed by atoms with van der Waals surface area (Å²) in [6.07, 6.45) is -2.49. The predicted octanol–water partition coefficient (Wildman–Crippen LogP) is 5.45. The highest BCUT2D eigenvalue weighted by Crippen LogP contribution is 2.42. The average Bonchev–Trinajstić information content (AvgIpc) is 3.42. The number of fused-ring (bicyclic) bond motifs is 1. The number of alkyl halides is 3. The van der Waals surface area contributed by atoms with Crippen LogP contribution in [0.3, 0.4) is 0 Å². The molecule has 4 rings (SSSR count). The lowest BCUT2D eigenvalue weighted by Gasteiger charge is -2.15. The van der Waals surface area contributed by atoms with Gasteiger partial charge in [0.05, 0.1) is 10.9 Å². The molecule has 3 aromatic rings. The lowest BCUT2D eigenvalue weighted by Crippen LogP contribution is -2.42. The summed E-state index contributed by atoms with van der Waals surface area (Å²) in [7, 11) is -1.43. The van der Waals surface area contributed by atoms with E-state index >= 15 is 0 Å². The Balaban J connectivity index is 1.58. The molecule has 216 valence electrons. The number of pyridine rings is 1. The summed E-state index contributed by atoms with van der Waals surface area (Å²) in [5.74, 6) is -4.38. The van der Waals surface area contributed by atoms with Crippen molar-refractivity contribution in [1.82, 2.24) is 20.2 Å². The van der Waals surface area contributed by atoms with E-state index in [1.54, 1.807) is 0 Å². The Kier molecular flexibility index (Phi) is 8.35. The van der Waals surface area contributed by atoms with Crippen LogP contribution in [0.25, 0.3) is 11.0 Å². The molecule has 15 heteroatoms. The maximum atomic E-state index is 14.9. The number of halogens is 5. The fraction of sp³-hybridized carbons (Fsp3) is 0.400. The van der Waals surface area contributed by atoms with Crippen molar-refractivity contribution in [1.29, 1.82) is 0 Å². The Labute approximate surface area is 227 Å². The van der Waals surface area contributed by atoms with Gasteiger partial charge < -0.3 is 30.0 Å². The number of rotatable bonds is 9. The van der Waals surface area contributed by atoms with Gasteiger partial charge in [0, 0.05) is 51.4 Å². The Morgan fingerprint density at radius 3 is 2.52 bits per heavy atom. The minimum atomic E-state index is -4.82. The number of nitrogens with zero attached hydrogens (tertiary/aromatic N) is 2. The summed E-state index contributed by atoms with van der Waals surface area (Å²) >= 11 is 0. The van der Waals surface area contributed by atoms with Crippen molar-refractivity contribution in [3.63, 3.8) is 0 Å². The number of amides is 3. The minimum Gasteiger partial charge on any atom is -0.450 e. The fourth-order valence-corrected chi connectivity index (χ4v) is 4.78. The zero-order valence-electron chi connectivity index (χ0n) is 21.9. The molecule has 1 aliphatic heterocycles. The third kappa shape index (κ3) is 6.88. The number of benzene rings is 1. The van der Waals surface area contributed by atoms with Gasteiger partial charge >= 0.3 is 12.2 Å². The summed E-state index contributed by atoms with van der Waals surface area (Å²) in [5, 5.41) is 6.64. The second-order valence-corrected chi connectivity index (χ2v) is 16.1. The summed E-state index contributed by atoms with van der Waals surface area (Å²) in [5.41, 5.74) is -1.54. The topological polar surface area (TPSA) is 107 Å².